The minimum Gasteiger partial charge on any atom is -0.321 e. The first-order chi connectivity index (χ1) is 9.29. The fraction of sp³-hybridized carbons (Fsp3) is 0.154. The van der Waals surface area contributed by atoms with Crippen LogP contribution in [0.15, 0.2) is 29.6 Å². The summed E-state index contributed by atoms with van der Waals surface area (Å²) in [5.41, 5.74) is -0.553. The van der Waals surface area contributed by atoms with Crippen LogP contribution in [0, 0.1) is 6.92 Å². The van der Waals surface area contributed by atoms with E-state index in [0.29, 0.717) is 4.88 Å². The van der Waals surface area contributed by atoms with Gasteiger partial charge in [-0.25, -0.2) is 0 Å². The monoisotopic (exact) mass is 319 g/mol. The van der Waals surface area contributed by atoms with E-state index in [1.54, 1.807) is 18.4 Å². The molecule has 7 heteroatoms. The van der Waals surface area contributed by atoms with E-state index in [1.807, 2.05) is 0 Å². The molecule has 1 amide bonds. The van der Waals surface area contributed by atoms with Crippen LogP contribution in [-0.2, 0) is 6.18 Å². The number of carbonyl (C=O) groups excluding carboxylic acids is 1. The molecule has 0 aliphatic heterocycles. The molecular weight excluding hydrogens is 311 g/mol. The average molecular weight is 320 g/mol. The topological polar surface area (TPSA) is 29.1 Å². The standard InChI is InChI=1S/C13H9ClF3NOS/c1-7-4-5-20-11(7)12(19)18-10-3-2-8(14)6-9(10)13(15,16)17/h2-6H,1H3,(H,18,19). The number of alkyl halides is 3. The Hall–Kier alpha value is -1.53. The number of thiophene rings is 1. The summed E-state index contributed by atoms with van der Waals surface area (Å²) in [5, 5.41) is 3.95. The second kappa shape index (κ2) is 5.46. The van der Waals surface area contributed by atoms with Crippen LogP contribution in [0.5, 0.6) is 0 Å². The van der Waals surface area contributed by atoms with Crippen LogP contribution in [0.4, 0.5) is 18.9 Å². The molecule has 0 spiro atoms. The fourth-order valence-corrected chi connectivity index (χ4v) is 2.64. The molecule has 20 heavy (non-hydrogen) atoms. The van der Waals surface area contributed by atoms with Crippen molar-refractivity contribution in [3.63, 3.8) is 0 Å². The lowest BCUT2D eigenvalue weighted by Gasteiger charge is -2.14. The molecule has 1 N–H and O–H groups in total. The predicted octanol–water partition coefficient (Wildman–Crippen LogP) is 4.98. The van der Waals surface area contributed by atoms with Crippen molar-refractivity contribution in [2.45, 2.75) is 13.1 Å². The molecule has 1 heterocycles. The van der Waals surface area contributed by atoms with E-state index in [2.05, 4.69) is 5.32 Å². The zero-order chi connectivity index (χ0) is 14.9. The van der Waals surface area contributed by atoms with Crippen molar-refractivity contribution in [1.82, 2.24) is 0 Å². The van der Waals surface area contributed by atoms with Crippen molar-refractivity contribution in [3.8, 4) is 0 Å². The Morgan fingerprint density at radius 2 is 2.00 bits per heavy atom. The first-order valence-electron chi connectivity index (χ1n) is 5.51. The number of benzene rings is 1. The third-order valence-corrected chi connectivity index (χ3v) is 3.85. The van der Waals surface area contributed by atoms with Crippen LogP contribution in [0.25, 0.3) is 0 Å². The van der Waals surface area contributed by atoms with Gasteiger partial charge in [-0.1, -0.05) is 11.6 Å². The van der Waals surface area contributed by atoms with Crippen molar-refractivity contribution < 1.29 is 18.0 Å². The number of hydrogen-bond donors (Lipinski definition) is 1. The molecule has 0 saturated carbocycles. The van der Waals surface area contributed by atoms with Crippen molar-refractivity contribution in [2.75, 3.05) is 5.32 Å². The van der Waals surface area contributed by atoms with Gasteiger partial charge in [0.05, 0.1) is 16.1 Å². The Morgan fingerprint density at radius 3 is 2.55 bits per heavy atom. The largest absolute Gasteiger partial charge is 0.418 e. The summed E-state index contributed by atoms with van der Waals surface area (Å²) in [6.45, 7) is 1.72. The zero-order valence-corrected chi connectivity index (χ0v) is 11.8. The smallest absolute Gasteiger partial charge is 0.321 e. The maximum absolute atomic E-state index is 12.9. The van der Waals surface area contributed by atoms with Gasteiger partial charge in [0.25, 0.3) is 5.91 Å². The van der Waals surface area contributed by atoms with Crippen LogP contribution in [0.3, 0.4) is 0 Å². The lowest BCUT2D eigenvalue weighted by Crippen LogP contribution is -2.16. The van der Waals surface area contributed by atoms with Gasteiger partial charge in [-0.2, -0.15) is 13.2 Å². The van der Waals surface area contributed by atoms with Gasteiger partial charge in [-0.05, 0) is 42.1 Å². The Balaban J connectivity index is 2.35. The molecule has 2 nitrogen and oxygen atoms in total. The van der Waals surface area contributed by atoms with Gasteiger partial charge in [0, 0.05) is 5.02 Å². The van der Waals surface area contributed by atoms with Gasteiger partial charge in [-0.15, -0.1) is 11.3 Å². The minimum atomic E-state index is -4.59. The van der Waals surface area contributed by atoms with E-state index in [1.165, 1.54) is 17.4 Å². The molecule has 0 atom stereocenters. The maximum atomic E-state index is 12.9. The highest BCUT2D eigenvalue weighted by atomic mass is 35.5. The molecule has 2 rings (SSSR count). The van der Waals surface area contributed by atoms with Crippen LogP contribution in [-0.4, -0.2) is 5.91 Å². The summed E-state index contributed by atoms with van der Waals surface area (Å²) < 4.78 is 38.7. The molecule has 1 aromatic heterocycles. The van der Waals surface area contributed by atoms with Crippen molar-refractivity contribution >= 4 is 34.5 Å². The molecule has 0 aliphatic rings. The maximum Gasteiger partial charge on any atom is 0.418 e. The SMILES string of the molecule is Cc1ccsc1C(=O)Nc1ccc(Cl)cc1C(F)(F)F. The van der Waals surface area contributed by atoms with Gasteiger partial charge in [0.1, 0.15) is 0 Å². The Morgan fingerprint density at radius 1 is 1.30 bits per heavy atom. The third kappa shape index (κ3) is 3.13. The second-order valence-electron chi connectivity index (χ2n) is 4.07. The number of carbonyl (C=O) groups is 1. The van der Waals surface area contributed by atoms with Crippen molar-refractivity contribution in [1.29, 1.82) is 0 Å². The average Bonchev–Trinajstić information content (AvgIpc) is 2.76. The Bertz CT molecular complexity index is 651. The van der Waals surface area contributed by atoms with E-state index in [-0.39, 0.29) is 10.7 Å². The summed E-state index contributed by atoms with van der Waals surface area (Å²) in [5.74, 6) is -0.565. The summed E-state index contributed by atoms with van der Waals surface area (Å²) in [6, 6.07) is 4.96. The normalized spacial score (nSPS) is 11.4. The van der Waals surface area contributed by atoms with E-state index >= 15 is 0 Å². The van der Waals surface area contributed by atoms with Crippen LogP contribution >= 0.6 is 22.9 Å². The molecule has 2 aromatic rings. The van der Waals surface area contributed by atoms with Gasteiger partial charge in [-0.3, -0.25) is 4.79 Å². The Kier molecular flexibility index (Phi) is 4.06. The molecule has 0 unspecified atom stereocenters. The lowest BCUT2D eigenvalue weighted by atomic mass is 10.1. The van der Waals surface area contributed by atoms with Crippen molar-refractivity contribution in [3.05, 3.63) is 50.7 Å². The molecule has 0 saturated heterocycles. The number of halogens is 4. The van der Waals surface area contributed by atoms with E-state index < -0.39 is 17.6 Å². The van der Waals surface area contributed by atoms with Gasteiger partial charge >= 0.3 is 6.18 Å². The quantitative estimate of drug-likeness (QED) is 0.831. The molecule has 0 fully saturated rings. The zero-order valence-electron chi connectivity index (χ0n) is 10.2. The highest BCUT2D eigenvalue weighted by Crippen LogP contribution is 2.36. The number of anilines is 1. The van der Waals surface area contributed by atoms with Crippen LogP contribution in [0.2, 0.25) is 5.02 Å². The van der Waals surface area contributed by atoms with Crippen LogP contribution in [0.1, 0.15) is 20.8 Å². The molecule has 0 aliphatic carbocycles. The Labute approximate surface area is 122 Å². The van der Waals surface area contributed by atoms with Crippen LogP contribution < -0.4 is 5.32 Å². The second-order valence-corrected chi connectivity index (χ2v) is 5.43. The van der Waals surface area contributed by atoms with E-state index in [4.69, 9.17) is 11.6 Å². The van der Waals surface area contributed by atoms with Crippen molar-refractivity contribution in [2.24, 2.45) is 0 Å². The number of aryl methyl sites for hydroxylation is 1. The summed E-state index contributed by atoms with van der Waals surface area (Å²) in [4.78, 5) is 12.3. The molecule has 1 aromatic carbocycles. The highest BCUT2D eigenvalue weighted by molar-refractivity contribution is 7.12. The van der Waals surface area contributed by atoms with Gasteiger partial charge < -0.3 is 5.32 Å². The molecule has 0 radical (unpaired) electrons. The van der Waals surface area contributed by atoms with Gasteiger partial charge in [0.15, 0.2) is 0 Å². The lowest BCUT2D eigenvalue weighted by molar-refractivity contribution is -0.136. The number of rotatable bonds is 2. The summed E-state index contributed by atoms with van der Waals surface area (Å²) in [7, 11) is 0. The molecular formula is C13H9ClF3NOS. The number of amides is 1. The van der Waals surface area contributed by atoms with E-state index in [9.17, 15) is 18.0 Å². The first kappa shape index (κ1) is 14.9. The number of hydrogen-bond acceptors (Lipinski definition) is 2. The third-order valence-electron chi connectivity index (χ3n) is 2.60. The summed E-state index contributed by atoms with van der Waals surface area (Å²) >= 11 is 6.75. The molecule has 106 valence electrons. The fourth-order valence-electron chi connectivity index (χ4n) is 1.64. The van der Waals surface area contributed by atoms with E-state index in [0.717, 1.165) is 17.7 Å². The summed E-state index contributed by atoms with van der Waals surface area (Å²) in [6.07, 6.45) is -4.59. The minimum absolute atomic E-state index is 0.0392. The predicted molar refractivity (Wildman–Crippen MR) is 73.5 cm³/mol. The molecule has 0 bridgehead atoms. The first-order valence-corrected chi connectivity index (χ1v) is 6.77. The number of nitrogens with one attached hydrogen (secondary N) is 1. The highest BCUT2D eigenvalue weighted by Gasteiger charge is 2.34. The van der Waals surface area contributed by atoms with Gasteiger partial charge in [0.2, 0.25) is 0 Å².